The fourth-order valence-corrected chi connectivity index (χ4v) is 7.63. The molecule has 55 heavy (non-hydrogen) atoms. The normalized spacial score (nSPS) is 17.1. The Morgan fingerprint density at radius 2 is 1.58 bits per heavy atom. The minimum absolute atomic E-state index is 0.0170. The molecular formula is C43H51N9O3. The Hall–Kier alpha value is -6.01. The smallest absolute Gasteiger partial charge is 0.240 e. The summed E-state index contributed by atoms with van der Waals surface area (Å²) in [5, 5.41) is 8.74. The number of aliphatic imine (C=N–C) groups is 1. The second-order valence-electron chi connectivity index (χ2n) is 14.3. The number of carbonyl (C=O) groups is 3. The summed E-state index contributed by atoms with van der Waals surface area (Å²) in [6.07, 6.45) is 6.33. The molecule has 4 atom stereocenters. The highest BCUT2D eigenvalue weighted by atomic mass is 16.2. The molecule has 1 aromatic heterocycles. The lowest BCUT2D eigenvalue weighted by Gasteiger charge is -2.30. The Morgan fingerprint density at radius 1 is 0.909 bits per heavy atom. The summed E-state index contributed by atoms with van der Waals surface area (Å²) >= 11 is 0. The average molecular weight is 742 g/mol. The Bertz CT molecular complexity index is 2040. The van der Waals surface area contributed by atoms with Crippen LogP contribution in [0.4, 0.5) is 0 Å². The van der Waals surface area contributed by atoms with Crippen LogP contribution in [0.15, 0.2) is 121 Å². The number of guanidine groups is 1. The van der Waals surface area contributed by atoms with Crippen LogP contribution in [0.1, 0.15) is 60.5 Å². The zero-order valence-corrected chi connectivity index (χ0v) is 31.3. The Labute approximate surface area is 322 Å². The average Bonchev–Trinajstić information content (AvgIpc) is 3.59. The zero-order valence-electron chi connectivity index (χ0n) is 31.3. The number of fused-ring (bicyclic) bond motifs is 1. The highest BCUT2D eigenvalue weighted by Crippen LogP contribution is 2.30. The fraction of sp³-hybridized carbons (Fsp3) is 0.326. The summed E-state index contributed by atoms with van der Waals surface area (Å²) in [5.74, 6) is -0.927. The topological polar surface area (TPSA) is 187 Å². The number of nitrogens with one attached hydrogen (secondary N) is 2. The zero-order chi connectivity index (χ0) is 38.7. The standard InChI is InChI=1S/C43H51N9O3/c1-29(53)49-39(41(44)54)25-35-26-52(28-48-35)40(24-30-18-19-31-11-8-9-16-34(31)23-30)37-20-22-51(42(55)38(50-37)17-10-21-47-43(45)46)27-36(32-12-4-2-5-13-32)33-14-6-3-7-15-33/h2-9,11-16,18-19,23,26,28,36-40,50H,10,17,20-22,24-25,27H2,1H3,(H2,44,54)(H,49,53)(H4,45,46,47)/t37-,38-,39?,40-/m0/s1. The minimum atomic E-state index is -0.890. The van der Waals surface area contributed by atoms with E-state index in [9.17, 15) is 14.4 Å². The van der Waals surface area contributed by atoms with Crippen LogP contribution in [0.5, 0.6) is 0 Å². The van der Waals surface area contributed by atoms with Crippen molar-refractivity contribution in [1.29, 1.82) is 0 Å². The van der Waals surface area contributed by atoms with E-state index in [2.05, 4.69) is 79.8 Å². The van der Waals surface area contributed by atoms with Gasteiger partial charge in [0.1, 0.15) is 6.04 Å². The van der Waals surface area contributed by atoms with E-state index in [1.807, 2.05) is 59.6 Å². The van der Waals surface area contributed by atoms with Gasteiger partial charge in [-0.25, -0.2) is 4.98 Å². The van der Waals surface area contributed by atoms with E-state index >= 15 is 0 Å². The summed E-state index contributed by atoms with van der Waals surface area (Å²) in [6, 6.07) is 33.8. The van der Waals surface area contributed by atoms with Crippen molar-refractivity contribution >= 4 is 34.5 Å². The summed E-state index contributed by atoms with van der Waals surface area (Å²) in [4.78, 5) is 49.6. The maximum atomic E-state index is 14.6. The van der Waals surface area contributed by atoms with Crippen molar-refractivity contribution in [3.05, 3.63) is 138 Å². The van der Waals surface area contributed by atoms with Crippen LogP contribution in [-0.2, 0) is 27.2 Å². The van der Waals surface area contributed by atoms with Crippen LogP contribution in [0.3, 0.4) is 0 Å². The van der Waals surface area contributed by atoms with Gasteiger partial charge in [-0.15, -0.1) is 0 Å². The number of amides is 3. The molecule has 0 radical (unpaired) electrons. The lowest BCUT2D eigenvalue weighted by molar-refractivity contribution is -0.133. The first-order valence-corrected chi connectivity index (χ1v) is 18.9. The van der Waals surface area contributed by atoms with Gasteiger partial charge < -0.3 is 37.3 Å². The quantitative estimate of drug-likeness (QED) is 0.0578. The number of hydrogen-bond donors (Lipinski definition) is 5. The van der Waals surface area contributed by atoms with Crippen LogP contribution >= 0.6 is 0 Å². The van der Waals surface area contributed by atoms with Crippen molar-refractivity contribution in [2.24, 2.45) is 22.2 Å². The summed E-state index contributed by atoms with van der Waals surface area (Å²) < 4.78 is 2.07. The molecule has 1 unspecified atom stereocenters. The first kappa shape index (κ1) is 38.7. The Kier molecular flexibility index (Phi) is 12.9. The molecule has 286 valence electrons. The number of imidazole rings is 1. The van der Waals surface area contributed by atoms with Gasteiger partial charge in [-0.2, -0.15) is 0 Å². The molecule has 8 N–H and O–H groups in total. The van der Waals surface area contributed by atoms with E-state index in [0.717, 1.165) is 27.5 Å². The number of carbonyl (C=O) groups excluding carboxylic acids is 3. The van der Waals surface area contributed by atoms with Crippen molar-refractivity contribution < 1.29 is 14.4 Å². The Morgan fingerprint density at radius 3 is 2.24 bits per heavy atom. The van der Waals surface area contributed by atoms with Crippen LogP contribution in [0, 0.1) is 0 Å². The molecule has 4 aromatic carbocycles. The number of primary amides is 1. The van der Waals surface area contributed by atoms with Crippen molar-refractivity contribution in [3.8, 4) is 0 Å². The van der Waals surface area contributed by atoms with Gasteiger partial charge in [-0.3, -0.25) is 19.4 Å². The van der Waals surface area contributed by atoms with Crippen molar-refractivity contribution in [1.82, 2.24) is 25.1 Å². The summed E-state index contributed by atoms with van der Waals surface area (Å²) in [6.45, 7) is 2.83. The number of rotatable bonds is 16. The molecule has 1 saturated heterocycles. The van der Waals surface area contributed by atoms with Gasteiger partial charge in [0.05, 0.1) is 24.1 Å². The third-order valence-electron chi connectivity index (χ3n) is 10.4. The van der Waals surface area contributed by atoms with Gasteiger partial charge in [0.2, 0.25) is 17.7 Å². The maximum absolute atomic E-state index is 14.6. The SMILES string of the molecule is CC(=O)NC(Cc1cn([C@@H](Cc2ccc3ccccc3c2)[C@@H]2CCN(CC(c3ccccc3)c3ccccc3)C(=O)[C@H](CCCN=C(N)N)N2)cn1)C(N)=O. The first-order chi connectivity index (χ1) is 26.6. The molecule has 0 bridgehead atoms. The largest absolute Gasteiger partial charge is 0.370 e. The number of aromatic nitrogens is 2. The first-order valence-electron chi connectivity index (χ1n) is 18.9. The lowest BCUT2D eigenvalue weighted by Crippen LogP contribution is -2.48. The molecule has 12 nitrogen and oxygen atoms in total. The monoisotopic (exact) mass is 741 g/mol. The molecule has 3 amide bonds. The second-order valence-corrected chi connectivity index (χ2v) is 14.3. The van der Waals surface area contributed by atoms with E-state index < -0.39 is 18.0 Å². The van der Waals surface area contributed by atoms with Gasteiger partial charge >= 0.3 is 0 Å². The second kappa shape index (κ2) is 18.4. The summed E-state index contributed by atoms with van der Waals surface area (Å²) in [5.41, 5.74) is 21.0. The van der Waals surface area contributed by atoms with Crippen LogP contribution < -0.4 is 27.8 Å². The molecular weight excluding hydrogens is 691 g/mol. The van der Waals surface area contributed by atoms with Gasteiger partial charge in [0.15, 0.2) is 5.96 Å². The molecule has 0 saturated carbocycles. The molecule has 0 spiro atoms. The highest BCUT2D eigenvalue weighted by molar-refractivity contribution is 5.86. The van der Waals surface area contributed by atoms with Crippen molar-refractivity contribution in [3.63, 3.8) is 0 Å². The third-order valence-corrected chi connectivity index (χ3v) is 10.4. The molecule has 1 aliphatic heterocycles. The molecule has 5 aromatic rings. The molecule has 6 rings (SSSR count). The predicted octanol–water partition coefficient (Wildman–Crippen LogP) is 3.80. The van der Waals surface area contributed by atoms with Gasteiger partial charge in [-0.1, -0.05) is 103 Å². The lowest BCUT2D eigenvalue weighted by atomic mass is 9.90. The van der Waals surface area contributed by atoms with Gasteiger partial charge in [0.25, 0.3) is 0 Å². The molecule has 2 heterocycles. The molecule has 12 heteroatoms. The molecule has 1 fully saturated rings. The van der Waals surface area contributed by atoms with Gasteiger partial charge in [0, 0.05) is 51.1 Å². The Balaban J connectivity index is 1.34. The minimum Gasteiger partial charge on any atom is -0.370 e. The van der Waals surface area contributed by atoms with Crippen LogP contribution in [0.2, 0.25) is 0 Å². The molecule has 0 aliphatic carbocycles. The van der Waals surface area contributed by atoms with E-state index in [-0.39, 0.29) is 42.2 Å². The number of benzene rings is 4. The van der Waals surface area contributed by atoms with Crippen LogP contribution in [-0.4, -0.2) is 75.9 Å². The van der Waals surface area contributed by atoms with E-state index in [4.69, 9.17) is 17.2 Å². The van der Waals surface area contributed by atoms with Crippen LogP contribution in [0.25, 0.3) is 10.8 Å². The van der Waals surface area contributed by atoms with Gasteiger partial charge in [-0.05, 0) is 53.1 Å². The maximum Gasteiger partial charge on any atom is 0.240 e. The fourth-order valence-electron chi connectivity index (χ4n) is 7.63. The summed E-state index contributed by atoms with van der Waals surface area (Å²) in [7, 11) is 0. The van der Waals surface area contributed by atoms with E-state index in [1.54, 1.807) is 6.33 Å². The predicted molar refractivity (Wildman–Crippen MR) is 216 cm³/mol. The number of hydrogen-bond acceptors (Lipinski definition) is 6. The number of nitrogens with two attached hydrogens (primary N) is 3. The molecule has 1 aliphatic rings. The van der Waals surface area contributed by atoms with E-state index in [1.165, 1.54) is 6.92 Å². The van der Waals surface area contributed by atoms with E-state index in [0.29, 0.717) is 51.0 Å². The van der Waals surface area contributed by atoms with Crippen molar-refractivity contribution in [2.75, 3.05) is 19.6 Å². The highest BCUT2D eigenvalue weighted by Gasteiger charge is 2.36. The third kappa shape index (κ3) is 10.4. The van der Waals surface area contributed by atoms with Crippen molar-refractivity contribution in [2.45, 2.75) is 69.1 Å². The number of nitrogens with zero attached hydrogens (tertiary/aromatic N) is 4.